The molecular weight excluding hydrogens is 280 g/mol. The normalized spacial score (nSPS) is 11.3. The van der Waals surface area contributed by atoms with Gasteiger partial charge in [-0.05, 0) is 23.8 Å². The molecule has 0 bridgehead atoms. The third kappa shape index (κ3) is 2.54. The summed E-state index contributed by atoms with van der Waals surface area (Å²) in [6.07, 6.45) is 8.22. The third-order valence-electron chi connectivity index (χ3n) is 3.41. The van der Waals surface area contributed by atoms with Crippen molar-refractivity contribution in [3.63, 3.8) is 0 Å². The lowest BCUT2D eigenvalue weighted by atomic mass is 10.1. The summed E-state index contributed by atoms with van der Waals surface area (Å²) in [6.45, 7) is 0. The van der Waals surface area contributed by atoms with E-state index in [0.29, 0.717) is 0 Å². The van der Waals surface area contributed by atoms with Crippen molar-refractivity contribution in [1.82, 2.24) is 14.5 Å². The van der Waals surface area contributed by atoms with Gasteiger partial charge in [-0.2, -0.15) is 0 Å². The van der Waals surface area contributed by atoms with Crippen LogP contribution in [0.5, 0.6) is 0 Å². The number of hydrogen-bond acceptors (Lipinski definition) is 3. The average Bonchev–Trinajstić information content (AvgIpc) is 2.90. The van der Waals surface area contributed by atoms with Crippen molar-refractivity contribution in [3.8, 4) is 11.1 Å². The lowest BCUT2D eigenvalue weighted by molar-refractivity contribution is -0.113. The Morgan fingerprint density at radius 3 is 2.91 bits per heavy atom. The first kappa shape index (κ1) is 13.8. The number of hydrogen-bond donors (Lipinski definition) is 2. The van der Waals surface area contributed by atoms with E-state index in [4.69, 9.17) is 5.73 Å². The predicted molar refractivity (Wildman–Crippen MR) is 85.0 cm³/mol. The summed E-state index contributed by atoms with van der Waals surface area (Å²) in [5.41, 5.74) is 8.38. The molecule has 6 heteroatoms. The first-order valence-electron chi connectivity index (χ1n) is 6.66. The first-order valence-corrected chi connectivity index (χ1v) is 6.66. The smallest absolute Gasteiger partial charge is 0.250 e. The Kier molecular flexibility index (Phi) is 3.34. The van der Waals surface area contributed by atoms with Crippen molar-refractivity contribution in [2.24, 2.45) is 12.8 Å². The van der Waals surface area contributed by atoms with Crippen molar-refractivity contribution in [2.45, 2.75) is 0 Å². The molecule has 0 saturated heterocycles. The van der Waals surface area contributed by atoms with E-state index in [9.17, 15) is 9.59 Å². The van der Waals surface area contributed by atoms with E-state index in [0.717, 1.165) is 27.7 Å². The fourth-order valence-electron chi connectivity index (χ4n) is 2.26. The fraction of sp³-hybridized carbons (Fsp3) is 0.0625. The summed E-state index contributed by atoms with van der Waals surface area (Å²) in [5.74, 6) is -0.503. The standard InChI is InChI=1S/C16H14N4O2/c1-20-9-11(3-5-15(20)22)12-6-13-10(2-4-14(17)21)7-18-16(13)19-8-12/h2-9H,1H3,(H2,17,21)(H,18,19)/b4-2+. The van der Waals surface area contributed by atoms with E-state index in [1.165, 1.54) is 16.7 Å². The van der Waals surface area contributed by atoms with Gasteiger partial charge >= 0.3 is 0 Å². The van der Waals surface area contributed by atoms with Gasteiger partial charge in [0.2, 0.25) is 11.5 Å². The molecule has 0 unspecified atom stereocenters. The van der Waals surface area contributed by atoms with E-state index in [2.05, 4.69) is 9.97 Å². The van der Waals surface area contributed by atoms with Gasteiger partial charge in [0.15, 0.2) is 0 Å². The van der Waals surface area contributed by atoms with E-state index < -0.39 is 5.91 Å². The number of nitrogens with zero attached hydrogens (tertiary/aromatic N) is 2. The molecule has 0 atom stereocenters. The zero-order valence-corrected chi connectivity index (χ0v) is 11.9. The molecule has 0 aliphatic carbocycles. The SMILES string of the molecule is Cn1cc(-c2cnc3[nH]cc(/C=C/C(N)=O)c3c2)ccc1=O. The number of amides is 1. The van der Waals surface area contributed by atoms with Crippen LogP contribution in [0.1, 0.15) is 5.56 Å². The zero-order chi connectivity index (χ0) is 15.7. The minimum absolute atomic E-state index is 0.0653. The Morgan fingerprint density at radius 1 is 1.36 bits per heavy atom. The van der Waals surface area contributed by atoms with Crippen LogP contribution in [0, 0.1) is 0 Å². The summed E-state index contributed by atoms with van der Waals surface area (Å²) in [7, 11) is 1.70. The maximum Gasteiger partial charge on any atom is 0.250 e. The van der Waals surface area contributed by atoms with E-state index in [1.54, 1.807) is 37.8 Å². The van der Waals surface area contributed by atoms with E-state index in [-0.39, 0.29) is 5.56 Å². The van der Waals surface area contributed by atoms with Crippen molar-refractivity contribution in [1.29, 1.82) is 0 Å². The van der Waals surface area contributed by atoms with Crippen LogP contribution >= 0.6 is 0 Å². The maximum atomic E-state index is 11.5. The average molecular weight is 294 g/mol. The Morgan fingerprint density at radius 2 is 2.18 bits per heavy atom. The maximum absolute atomic E-state index is 11.5. The summed E-state index contributed by atoms with van der Waals surface area (Å²) in [6, 6.07) is 5.24. The van der Waals surface area contributed by atoms with Crippen LogP contribution in [0.2, 0.25) is 0 Å². The van der Waals surface area contributed by atoms with Gasteiger partial charge in [0, 0.05) is 54.3 Å². The molecule has 3 heterocycles. The highest BCUT2D eigenvalue weighted by Crippen LogP contribution is 2.24. The van der Waals surface area contributed by atoms with Gasteiger partial charge in [-0.3, -0.25) is 9.59 Å². The molecule has 110 valence electrons. The van der Waals surface area contributed by atoms with E-state index in [1.807, 2.05) is 6.07 Å². The van der Waals surface area contributed by atoms with Crippen LogP contribution in [0.15, 0.2) is 47.7 Å². The van der Waals surface area contributed by atoms with Crippen LogP contribution < -0.4 is 11.3 Å². The summed E-state index contributed by atoms with van der Waals surface area (Å²) in [5, 5.41) is 0.879. The first-order chi connectivity index (χ1) is 10.5. The molecule has 0 aliphatic rings. The van der Waals surface area contributed by atoms with Crippen molar-refractivity contribution < 1.29 is 4.79 Å². The number of primary amides is 1. The minimum atomic E-state index is -0.503. The highest BCUT2D eigenvalue weighted by atomic mass is 16.1. The van der Waals surface area contributed by atoms with Crippen LogP contribution in [0.25, 0.3) is 28.2 Å². The molecule has 1 amide bonds. The van der Waals surface area contributed by atoms with Gasteiger partial charge < -0.3 is 15.3 Å². The van der Waals surface area contributed by atoms with Crippen molar-refractivity contribution in [2.75, 3.05) is 0 Å². The molecule has 0 aromatic carbocycles. The van der Waals surface area contributed by atoms with Crippen molar-refractivity contribution in [3.05, 3.63) is 58.8 Å². The fourth-order valence-corrected chi connectivity index (χ4v) is 2.26. The third-order valence-corrected chi connectivity index (χ3v) is 3.41. The quantitative estimate of drug-likeness (QED) is 0.715. The Hall–Kier alpha value is -3.15. The molecule has 6 nitrogen and oxygen atoms in total. The van der Waals surface area contributed by atoms with Gasteiger partial charge in [-0.15, -0.1) is 0 Å². The largest absolute Gasteiger partial charge is 0.366 e. The Bertz CT molecular complexity index is 950. The zero-order valence-electron chi connectivity index (χ0n) is 11.9. The van der Waals surface area contributed by atoms with Crippen LogP contribution in [0.3, 0.4) is 0 Å². The summed E-state index contributed by atoms with van der Waals surface area (Å²) in [4.78, 5) is 29.7. The van der Waals surface area contributed by atoms with Crippen LogP contribution in [-0.4, -0.2) is 20.4 Å². The lowest BCUT2D eigenvalue weighted by Gasteiger charge is -2.04. The van der Waals surface area contributed by atoms with Gasteiger partial charge in [0.05, 0.1) is 0 Å². The second kappa shape index (κ2) is 5.33. The number of fused-ring (bicyclic) bond motifs is 1. The number of rotatable bonds is 3. The second-order valence-electron chi connectivity index (χ2n) is 4.97. The molecule has 3 N–H and O–H groups in total. The van der Waals surface area contributed by atoms with Gasteiger partial charge in [0.25, 0.3) is 0 Å². The van der Waals surface area contributed by atoms with Gasteiger partial charge in [0.1, 0.15) is 5.65 Å². The second-order valence-corrected chi connectivity index (χ2v) is 4.97. The number of aryl methyl sites for hydroxylation is 1. The summed E-state index contributed by atoms with van der Waals surface area (Å²) < 4.78 is 1.52. The molecule has 0 aliphatic heterocycles. The van der Waals surface area contributed by atoms with E-state index >= 15 is 0 Å². The van der Waals surface area contributed by atoms with Gasteiger partial charge in [-0.25, -0.2) is 4.98 Å². The molecule has 0 fully saturated rings. The number of carbonyl (C=O) groups is 1. The number of carbonyl (C=O) groups excluding carboxylic acids is 1. The summed E-state index contributed by atoms with van der Waals surface area (Å²) >= 11 is 0. The molecule has 0 spiro atoms. The number of aromatic amines is 1. The Balaban J connectivity index is 2.11. The predicted octanol–water partition coefficient (Wildman–Crippen LogP) is 1.43. The molecular formula is C16H14N4O2. The lowest BCUT2D eigenvalue weighted by Crippen LogP contribution is -2.13. The Labute approximate surface area is 125 Å². The molecule has 0 radical (unpaired) electrons. The van der Waals surface area contributed by atoms with Gasteiger partial charge in [-0.1, -0.05) is 0 Å². The number of nitrogens with one attached hydrogen (secondary N) is 1. The number of H-pyrrole nitrogens is 1. The van der Waals surface area contributed by atoms with Crippen LogP contribution in [-0.2, 0) is 11.8 Å². The monoisotopic (exact) mass is 294 g/mol. The number of pyridine rings is 2. The molecule has 3 aromatic heterocycles. The molecule has 3 rings (SSSR count). The minimum Gasteiger partial charge on any atom is -0.366 e. The highest BCUT2D eigenvalue weighted by Gasteiger charge is 2.06. The molecule has 3 aromatic rings. The molecule has 0 saturated carbocycles. The number of nitrogens with two attached hydrogens (primary N) is 1. The molecule has 22 heavy (non-hydrogen) atoms. The number of aromatic nitrogens is 3. The van der Waals surface area contributed by atoms with Crippen molar-refractivity contribution >= 4 is 23.0 Å². The highest BCUT2D eigenvalue weighted by molar-refractivity contribution is 5.95. The topological polar surface area (TPSA) is 93.8 Å². The van der Waals surface area contributed by atoms with Crippen LogP contribution in [0.4, 0.5) is 0 Å².